The second-order valence-electron chi connectivity index (χ2n) is 12.8. The van der Waals surface area contributed by atoms with Crippen molar-refractivity contribution in [2.45, 2.75) is 13.3 Å². The van der Waals surface area contributed by atoms with Gasteiger partial charge in [0.2, 0.25) is 5.95 Å². The van der Waals surface area contributed by atoms with Gasteiger partial charge in [-0.25, -0.2) is 23.7 Å². The third kappa shape index (κ3) is 7.81. The molecule has 1 fully saturated rings. The van der Waals surface area contributed by atoms with Crippen molar-refractivity contribution in [3.8, 4) is 34.1 Å². The van der Waals surface area contributed by atoms with E-state index in [4.69, 9.17) is 19.4 Å². The molecule has 7 rings (SSSR count). The number of likely N-dealkylation sites (N-methyl/N-ethyl adjacent to an activating group) is 1. The fourth-order valence-corrected chi connectivity index (χ4v) is 6.40. The Kier molecular flexibility index (Phi) is 10.6. The highest BCUT2D eigenvalue weighted by molar-refractivity contribution is 6.07. The number of halogens is 2. The van der Waals surface area contributed by atoms with Gasteiger partial charge in [0, 0.05) is 50.7 Å². The maximum Gasteiger partial charge on any atom is 0.259 e. The van der Waals surface area contributed by atoms with E-state index in [0.29, 0.717) is 46.6 Å². The molecule has 1 saturated heterocycles. The smallest absolute Gasteiger partial charge is 0.259 e. The summed E-state index contributed by atoms with van der Waals surface area (Å²) < 4.78 is 42.3. The number of fused-ring (bicyclic) bond motifs is 1. The first kappa shape index (κ1) is 35.5. The van der Waals surface area contributed by atoms with Gasteiger partial charge in [-0.15, -0.1) is 0 Å². The van der Waals surface area contributed by atoms with Crippen LogP contribution in [0.3, 0.4) is 0 Å². The maximum atomic E-state index is 14.4. The molecular formula is C40H40F2N8O3. The largest absolute Gasteiger partial charge is 0.496 e. The number of ether oxygens (including phenoxy) is 2. The molecule has 6 aromatic rings. The summed E-state index contributed by atoms with van der Waals surface area (Å²) >= 11 is 0. The molecule has 53 heavy (non-hydrogen) atoms. The van der Waals surface area contributed by atoms with Gasteiger partial charge in [-0.2, -0.15) is 0 Å². The van der Waals surface area contributed by atoms with Gasteiger partial charge >= 0.3 is 0 Å². The second-order valence-corrected chi connectivity index (χ2v) is 12.8. The molecule has 11 nitrogen and oxygen atoms in total. The summed E-state index contributed by atoms with van der Waals surface area (Å²) in [6, 6.07) is 21.9. The van der Waals surface area contributed by atoms with E-state index in [0.717, 1.165) is 57.0 Å². The van der Waals surface area contributed by atoms with E-state index in [2.05, 4.69) is 44.6 Å². The molecule has 0 atom stereocenters. The molecule has 1 amide bonds. The fraction of sp³-hybridized carbons (Fsp3) is 0.250. The van der Waals surface area contributed by atoms with Crippen LogP contribution in [-0.2, 0) is 6.42 Å². The molecule has 1 aliphatic heterocycles. The highest BCUT2D eigenvalue weighted by atomic mass is 19.1. The molecule has 0 aliphatic carbocycles. The number of rotatable bonds is 12. The number of imidazole rings is 1. The average Bonchev–Trinajstić information content (AvgIpc) is 3.57. The van der Waals surface area contributed by atoms with Gasteiger partial charge in [-0.3, -0.25) is 9.20 Å². The van der Waals surface area contributed by atoms with Crippen molar-refractivity contribution in [2.75, 3.05) is 64.1 Å². The Labute approximate surface area is 306 Å². The number of hydrogen-bond donors (Lipinski definition) is 2. The highest BCUT2D eigenvalue weighted by Gasteiger charge is 2.23. The highest BCUT2D eigenvalue weighted by Crippen LogP contribution is 2.36. The number of anilines is 3. The minimum absolute atomic E-state index is 0.0659. The summed E-state index contributed by atoms with van der Waals surface area (Å²) in [5.74, 6) is -1.25. The molecule has 0 saturated carbocycles. The number of nitrogens with zero attached hydrogens (tertiary/aromatic N) is 6. The van der Waals surface area contributed by atoms with Gasteiger partial charge < -0.3 is 29.9 Å². The number of hydrogen-bond acceptors (Lipinski definition) is 9. The first-order valence-corrected chi connectivity index (χ1v) is 17.5. The van der Waals surface area contributed by atoms with E-state index in [9.17, 15) is 13.6 Å². The van der Waals surface area contributed by atoms with Gasteiger partial charge in [-0.1, -0.05) is 18.2 Å². The minimum Gasteiger partial charge on any atom is -0.496 e. The van der Waals surface area contributed by atoms with Crippen LogP contribution in [0, 0.1) is 11.6 Å². The number of methoxy groups -OCH3 is 1. The van der Waals surface area contributed by atoms with Crippen LogP contribution < -0.4 is 20.1 Å². The molecule has 272 valence electrons. The number of nitrogens with one attached hydrogen (secondary N) is 2. The van der Waals surface area contributed by atoms with Crippen LogP contribution >= 0.6 is 0 Å². The van der Waals surface area contributed by atoms with E-state index in [1.165, 1.54) is 18.7 Å². The average molecular weight is 719 g/mol. The number of benzene rings is 3. The zero-order chi connectivity index (χ0) is 36.9. The van der Waals surface area contributed by atoms with Crippen LogP contribution in [0.1, 0.15) is 22.8 Å². The Balaban J connectivity index is 1.20. The zero-order valence-electron chi connectivity index (χ0n) is 29.8. The number of aromatic nitrogens is 4. The molecule has 4 heterocycles. The molecule has 1 aliphatic rings. The van der Waals surface area contributed by atoms with Crippen molar-refractivity contribution in [3.05, 3.63) is 114 Å². The van der Waals surface area contributed by atoms with Crippen molar-refractivity contribution in [3.63, 3.8) is 0 Å². The fourth-order valence-electron chi connectivity index (χ4n) is 6.40. The van der Waals surface area contributed by atoms with Crippen LogP contribution in [-0.4, -0.2) is 88.5 Å². The lowest BCUT2D eigenvalue weighted by Crippen LogP contribution is -2.45. The molecule has 13 heteroatoms. The van der Waals surface area contributed by atoms with Gasteiger partial charge in [0.1, 0.15) is 34.5 Å². The monoisotopic (exact) mass is 718 g/mol. The Bertz CT molecular complexity index is 2230. The van der Waals surface area contributed by atoms with Crippen LogP contribution in [0.4, 0.5) is 26.1 Å². The number of piperazine rings is 1. The molecule has 0 spiro atoms. The standard InChI is InChI=1S/C40H40F2N8O3/c1-4-53-34-24-26(16-19-49-22-20-48(2)21-23-49)11-13-31(34)44-40-43-17-15-32(45-40)38-36(46-35-10-5-6-18-50(35)38)27-12-14-33(52-3)28(25-27)39(51)47-37-29(41)8-7-9-30(37)42/h5-15,17-18,24-25H,4,16,19-23H2,1-3H3,(H,47,51)(H,43,44,45). The summed E-state index contributed by atoms with van der Waals surface area (Å²) in [7, 11) is 3.58. The summed E-state index contributed by atoms with van der Waals surface area (Å²) in [4.78, 5) is 32.6. The van der Waals surface area contributed by atoms with E-state index in [1.807, 2.05) is 41.8 Å². The summed E-state index contributed by atoms with van der Waals surface area (Å²) in [5, 5.41) is 5.71. The predicted octanol–water partition coefficient (Wildman–Crippen LogP) is 6.93. The van der Waals surface area contributed by atoms with E-state index in [-0.39, 0.29) is 11.3 Å². The van der Waals surface area contributed by atoms with Crippen LogP contribution in [0.25, 0.3) is 28.3 Å². The van der Waals surface area contributed by atoms with Gasteiger partial charge in [0.15, 0.2) is 0 Å². The number of para-hydroxylation sites is 1. The molecule has 3 aromatic heterocycles. The molecule has 0 radical (unpaired) electrons. The van der Waals surface area contributed by atoms with Crippen molar-refractivity contribution >= 4 is 28.9 Å². The van der Waals surface area contributed by atoms with Gasteiger partial charge in [0.05, 0.1) is 42.0 Å². The first-order chi connectivity index (χ1) is 25.8. The Morgan fingerprint density at radius 2 is 1.72 bits per heavy atom. The lowest BCUT2D eigenvalue weighted by atomic mass is 10.0. The normalized spacial score (nSPS) is 13.6. The van der Waals surface area contributed by atoms with Crippen molar-refractivity contribution in [1.29, 1.82) is 0 Å². The quantitative estimate of drug-likeness (QED) is 0.139. The molecule has 0 bridgehead atoms. The molecule has 2 N–H and O–H groups in total. The maximum absolute atomic E-state index is 14.4. The topological polar surface area (TPSA) is 109 Å². The predicted molar refractivity (Wildman–Crippen MR) is 201 cm³/mol. The lowest BCUT2D eigenvalue weighted by Gasteiger charge is -2.32. The summed E-state index contributed by atoms with van der Waals surface area (Å²) in [6.45, 7) is 7.75. The van der Waals surface area contributed by atoms with Crippen LogP contribution in [0.15, 0.2) is 91.3 Å². The third-order valence-electron chi connectivity index (χ3n) is 9.25. The van der Waals surface area contributed by atoms with Crippen molar-refractivity contribution < 1.29 is 23.0 Å². The van der Waals surface area contributed by atoms with Gasteiger partial charge in [0.25, 0.3) is 5.91 Å². The molecule has 0 unspecified atom stereocenters. The van der Waals surface area contributed by atoms with Crippen LogP contribution in [0.2, 0.25) is 0 Å². The van der Waals surface area contributed by atoms with E-state index >= 15 is 0 Å². The summed E-state index contributed by atoms with van der Waals surface area (Å²) in [6.07, 6.45) is 4.46. The zero-order valence-corrected chi connectivity index (χ0v) is 29.8. The Hall–Kier alpha value is -5.92. The third-order valence-corrected chi connectivity index (χ3v) is 9.25. The number of pyridine rings is 1. The van der Waals surface area contributed by atoms with E-state index < -0.39 is 23.2 Å². The number of carbonyl (C=O) groups excluding carboxylic acids is 1. The second kappa shape index (κ2) is 15.8. The van der Waals surface area contributed by atoms with Gasteiger partial charge in [-0.05, 0) is 86.6 Å². The Morgan fingerprint density at radius 3 is 2.49 bits per heavy atom. The van der Waals surface area contributed by atoms with Crippen LogP contribution in [0.5, 0.6) is 11.5 Å². The number of amides is 1. The minimum atomic E-state index is -0.894. The molecular weight excluding hydrogens is 678 g/mol. The lowest BCUT2D eigenvalue weighted by molar-refractivity contribution is 0.102. The SMILES string of the molecule is CCOc1cc(CCN2CCN(C)CC2)ccc1Nc1nccc(-c2c(-c3ccc(OC)c(C(=O)Nc4c(F)cccc4F)c3)nc3ccccn23)n1. The van der Waals surface area contributed by atoms with Crippen molar-refractivity contribution in [1.82, 2.24) is 29.2 Å². The molecule has 3 aromatic carbocycles. The Morgan fingerprint density at radius 1 is 0.906 bits per heavy atom. The van der Waals surface area contributed by atoms with Crippen molar-refractivity contribution in [2.24, 2.45) is 0 Å². The number of carbonyl (C=O) groups is 1. The first-order valence-electron chi connectivity index (χ1n) is 17.5. The summed E-state index contributed by atoms with van der Waals surface area (Å²) in [5.41, 5.74) is 4.38. The van der Waals surface area contributed by atoms with E-state index in [1.54, 1.807) is 30.5 Å².